The lowest BCUT2D eigenvalue weighted by atomic mass is 10.1. The summed E-state index contributed by atoms with van der Waals surface area (Å²) < 4.78 is 2.19. The van der Waals surface area contributed by atoms with Crippen molar-refractivity contribution in [3.05, 3.63) is 42.1 Å². The van der Waals surface area contributed by atoms with Gasteiger partial charge in [-0.3, -0.25) is 0 Å². The van der Waals surface area contributed by atoms with Gasteiger partial charge >= 0.3 is 0 Å². The molecule has 1 unspecified atom stereocenters. The van der Waals surface area contributed by atoms with E-state index in [0.717, 1.165) is 36.8 Å². The summed E-state index contributed by atoms with van der Waals surface area (Å²) in [5.74, 6) is 2.09. The standard InChI is InChI=1S/C13H17N5/c1-10(14)11-2-3-12(16-8-11)18-7-6-17-5-4-15-13(17)9-18/h2-5,8,10H,6-7,9,14H2,1H3. The first-order valence-corrected chi connectivity index (χ1v) is 6.20. The summed E-state index contributed by atoms with van der Waals surface area (Å²) in [6.07, 6.45) is 5.74. The molecule has 2 aromatic heterocycles. The lowest BCUT2D eigenvalue weighted by Crippen LogP contribution is -2.34. The Morgan fingerprint density at radius 3 is 2.89 bits per heavy atom. The zero-order valence-corrected chi connectivity index (χ0v) is 10.5. The molecule has 1 aliphatic heterocycles. The minimum Gasteiger partial charge on any atom is -0.347 e. The van der Waals surface area contributed by atoms with Gasteiger partial charge in [-0.2, -0.15) is 0 Å². The Kier molecular flexibility index (Phi) is 2.76. The van der Waals surface area contributed by atoms with E-state index in [1.54, 1.807) is 0 Å². The van der Waals surface area contributed by atoms with E-state index in [2.05, 4.69) is 19.4 Å². The summed E-state index contributed by atoms with van der Waals surface area (Å²) in [5.41, 5.74) is 6.89. The third kappa shape index (κ3) is 1.97. The molecule has 2 N–H and O–H groups in total. The molecular formula is C13H17N5. The molecule has 94 valence electrons. The van der Waals surface area contributed by atoms with Crippen molar-refractivity contribution in [3.8, 4) is 0 Å². The summed E-state index contributed by atoms with van der Waals surface area (Å²) >= 11 is 0. The molecule has 3 heterocycles. The van der Waals surface area contributed by atoms with Crippen LogP contribution in [0, 0.1) is 0 Å². The smallest absolute Gasteiger partial charge is 0.128 e. The van der Waals surface area contributed by atoms with Crippen molar-refractivity contribution in [2.75, 3.05) is 11.4 Å². The average Bonchev–Trinajstić information content (AvgIpc) is 2.86. The monoisotopic (exact) mass is 243 g/mol. The Morgan fingerprint density at radius 1 is 1.28 bits per heavy atom. The largest absolute Gasteiger partial charge is 0.347 e. The fraction of sp³-hybridized carbons (Fsp3) is 0.385. The number of nitrogens with two attached hydrogens (primary N) is 1. The summed E-state index contributed by atoms with van der Waals surface area (Å²) in [6, 6.07) is 4.12. The maximum Gasteiger partial charge on any atom is 0.128 e. The third-order valence-electron chi connectivity index (χ3n) is 3.37. The highest BCUT2D eigenvalue weighted by molar-refractivity contribution is 5.40. The van der Waals surface area contributed by atoms with Crippen LogP contribution in [0.4, 0.5) is 5.82 Å². The Bertz CT molecular complexity index is 529. The van der Waals surface area contributed by atoms with Crippen molar-refractivity contribution in [1.29, 1.82) is 0 Å². The van der Waals surface area contributed by atoms with Crippen LogP contribution in [0.5, 0.6) is 0 Å². The van der Waals surface area contributed by atoms with Gasteiger partial charge in [0.05, 0.1) is 6.54 Å². The summed E-state index contributed by atoms with van der Waals surface area (Å²) in [6.45, 7) is 4.71. The van der Waals surface area contributed by atoms with Crippen LogP contribution in [0.25, 0.3) is 0 Å². The van der Waals surface area contributed by atoms with Crippen molar-refractivity contribution >= 4 is 5.82 Å². The lowest BCUT2D eigenvalue weighted by Gasteiger charge is -2.28. The topological polar surface area (TPSA) is 60.0 Å². The van der Waals surface area contributed by atoms with Crippen molar-refractivity contribution in [2.24, 2.45) is 5.73 Å². The minimum absolute atomic E-state index is 0.0341. The van der Waals surface area contributed by atoms with Gasteiger partial charge in [0.2, 0.25) is 0 Å². The Hall–Kier alpha value is -1.88. The van der Waals surface area contributed by atoms with Gasteiger partial charge in [-0.1, -0.05) is 6.07 Å². The Balaban J connectivity index is 1.80. The molecule has 0 aliphatic carbocycles. The highest BCUT2D eigenvalue weighted by atomic mass is 15.3. The van der Waals surface area contributed by atoms with Crippen LogP contribution in [-0.4, -0.2) is 21.1 Å². The van der Waals surface area contributed by atoms with Crippen LogP contribution in [0.15, 0.2) is 30.7 Å². The second-order valence-corrected chi connectivity index (χ2v) is 4.70. The van der Waals surface area contributed by atoms with Gasteiger partial charge < -0.3 is 15.2 Å². The third-order valence-corrected chi connectivity index (χ3v) is 3.37. The molecule has 5 nitrogen and oxygen atoms in total. The van der Waals surface area contributed by atoms with Gasteiger partial charge in [0.1, 0.15) is 11.6 Å². The number of hydrogen-bond donors (Lipinski definition) is 1. The number of anilines is 1. The molecule has 5 heteroatoms. The number of aromatic nitrogens is 3. The van der Waals surface area contributed by atoms with Gasteiger partial charge in [-0.15, -0.1) is 0 Å². The van der Waals surface area contributed by atoms with Crippen LogP contribution in [0.2, 0.25) is 0 Å². The predicted octanol–water partition coefficient (Wildman–Crippen LogP) is 1.32. The van der Waals surface area contributed by atoms with Crippen LogP contribution in [0.3, 0.4) is 0 Å². The van der Waals surface area contributed by atoms with Gasteiger partial charge in [-0.25, -0.2) is 9.97 Å². The summed E-state index contributed by atoms with van der Waals surface area (Å²) in [4.78, 5) is 11.1. The van der Waals surface area contributed by atoms with Crippen molar-refractivity contribution < 1.29 is 0 Å². The minimum atomic E-state index is 0.0341. The highest BCUT2D eigenvalue weighted by Crippen LogP contribution is 2.19. The number of imidazole rings is 1. The second-order valence-electron chi connectivity index (χ2n) is 4.70. The Morgan fingerprint density at radius 2 is 2.17 bits per heavy atom. The molecule has 0 spiro atoms. The van der Waals surface area contributed by atoms with Crippen LogP contribution in [0.1, 0.15) is 24.4 Å². The first-order chi connectivity index (χ1) is 8.74. The maximum atomic E-state index is 5.82. The number of hydrogen-bond acceptors (Lipinski definition) is 4. The van der Waals surface area contributed by atoms with Gasteiger partial charge in [0.25, 0.3) is 0 Å². The van der Waals surface area contributed by atoms with Crippen LogP contribution >= 0.6 is 0 Å². The van der Waals surface area contributed by atoms with Crippen molar-refractivity contribution in [3.63, 3.8) is 0 Å². The number of fused-ring (bicyclic) bond motifs is 1. The van der Waals surface area contributed by atoms with E-state index in [9.17, 15) is 0 Å². The van der Waals surface area contributed by atoms with E-state index in [0.29, 0.717) is 0 Å². The van der Waals surface area contributed by atoms with Crippen molar-refractivity contribution in [2.45, 2.75) is 26.1 Å². The van der Waals surface area contributed by atoms with E-state index in [-0.39, 0.29) is 6.04 Å². The van der Waals surface area contributed by atoms with Gasteiger partial charge in [0.15, 0.2) is 0 Å². The highest BCUT2D eigenvalue weighted by Gasteiger charge is 2.17. The molecule has 0 radical (unpaired) electrons. The van der Waals surface area contributed by atoms with Gasteiger partial charge in [0, 0.05) is 37.7 Å². The van der Waals surface area contributed by atoms with Crippen LogP contribution in [-0.2, 0) is 13.1 Å². The molecule has 0 amide bonds. The van der Waals surface area contributed by atoms with E-state index >= 15 is 0 Å². The maximum absolute atomic E-state index is 5.82. The average molecular weight is 243 g/mol. The first kappa shape index (κ1) is 11.2. The predicted molar refractivity (Wildman–Crippen MR) is 70.1 cm³/mol. The van der Waals surface area contributed by atoms with Crippen LogP contribution < -0.4 is 10.6 Å². The fourth-order valence-electron chi connectivity index (χ4n) is 2.22. The summed E-state index contributed by atoms with van der Waals surface area (Å²) in [5, 5.41) is 0. The molecular weight excluding hydrogens is 226 g/mol. The molecule has 18 heavy (non-hydrogen) atoms. The van der Waals surface area contributed by atoms with Crippen molar-refractivity contribution in [1.82, 2.24) is 14.5 Å². The number of rotatable bonds is 2. The molecule has 3 rings (SSSR count). The molecule has 0 bridgehead atoms. The van der Waals surface area contributed by atoms with E-state index in [1.165, 1.54) is 0 Å². The Labute approximate surface area is 106 Å². The molecule has 0 saturated heterocycles. The number of nitrogens with zero attached hydrogens (tertiary/aromatic N) is 4. The first-order valence-electron chi connectivity index (χ1n) is 6.20. The van der Waals surface area contributed by atoms with Gasteiger partial charge in [-0.05, 0) is 18.6 Å². The normalized spacial score (nSPS) is 16.4. The van der Waals surface area contributed by atoms with E-state index in [4.69, 9.17) is 5.73 Å². The molecule has 2 aromatic rings. The van der Waals surface area contributed by atoms with E-state index < -0.39 is 0 Å². The quantitative estimate of drug-likeness (QED) is 0.864. The molecule has 1 aliphatic rings. The lowest BCUT2D eigenvalue weighted by molar-refractivity contribution is 0.556. The van der Waals surface area contributed by atoms with E-state index in [1.807, 2.05) is 37.6 Å². The number of pyridine rings is 1. The summed E-state index contributed by atoms with van der Waals surface area (Å²) in [7, 11) is 0. The fourth-order valence-corrected chi connectivity index (χ4v) is 2.22. The molecule has 0 saturated carbocycles. The second kappa shape index (κ2) is 4.42. The molecule has 1 atom stereocenters. The zero-order valence-electron chi connectivity index (χ0n) is 10.5. The zero-order chi connectivity index (χ0) is 12.5. The molecule has 0 aromatic carbocycles. The molecule has 0 fully saturated rings. The SMILES string of the molecule is CC(N)c1ccc(N2CCn3ccnc3C2)nc1.